The molecule has 21 heavy (non-hydrogen) atoms. The van der Waals surface area contributed by atoms with Crippen LogP contribution in [0, 0.1) is 0 Å². The summed E-state index contributed by atoms with van der Waals surface area (Å²) in [5.74, 6) is 1.05. The van der Waals surface area contributed by atoms with Crippen molar-refractivity contribution in [2.75, 3.05) is 13.2 Å². The van der Waals surface area contributed by atoms with E-state index in [1.54, 1.807) is 17.7 Å². The van der Waals surface area contributed by atoms with Gasteiger partial charge in [0.25, 0.3) is 0 Å². The first-order valence-electron chi connectivity index (χ1n) is 7.19. The molecule has 0 fully saturated rings. The molecule has 7 heteroatoms. The molecule has 1 aliphatic heterocycles. The number of aliphatic hydroxyl groups is 1. The summed E-state index contributed by atoms with van der Waals surface area (Å²) in [5, 5.41) is 19.5. The Labute approximate surface area is 127 Å². The fourth-order valence-corrected chi connectivity index (χ4v) is 3.10. The van der Waals surface area contributed by atoms with Crippen LogP contribution in [0.2, 0.25) is 0 Å². The molecule has 0 saturated heterocycles. The summed E-state index contributed by atoms with van der Waals surface area (Å²) in [7, 11) is 0. The highest BCUT2D eigenvalue weighted by atomic mass is 32.1. The van der Waals surface area contributed by atoms with Crippen molar-refractivity contribution in [1.82, 2.24) is 20.1 Å². The summed E-state index contributed by atoms with van der Waals surface area (Å²) in [4.78, 5) is 5.39. The SMILES string of the molecule is O[C@@H](CN[C@@H]1CCc2ncnn2C1)COCc1cccs1. The minimum Gasteiger partial charge on any atom is -0.389 e. The second-order valence-corrected chi connectivity index (χ2v) is 6.28. The number of hydrogen-bond donors (Lipinski definition) is 2. The lowest BCUT2D eigenvalue weighted by Gasteiger charge is -2.24. The van der Waals surface area contributed by atoms with Gasteiger partial charge in [0.15, 0.2) is 0 Å². The quantitative estimate of drug-likeness (QED) is 0.792. The van der Waals surface area contributed by atoms with Gasteiger partial charge in [0.2, 0.25) is 0 Å². The number of nitrogens with zero attached hydrogens (tertiary/aromatic N) is 3. The molecule has 6 nitrogen and oxygen atoms in total. The van der Waals surface area contributed by atoms with E-state index in [0.29, 0.717) is 25.8 Å². The number of ether oxygens (including phenoxy) is 1. The van der Waals surface area contributed by atoms with E-state index >= 15 is 0 Å². The first-order chi connectivity index (χ1) is 10.3. The number of aryl methyl sites for hydroxylation is 1. The zero-order valence-electron chi connectivity index (χ0n) is 11.8. The summed E-state index contributed by atoms with van der Waals surface area (Å²) in [6.07, 6.45) is 3.08. The molecule has 0 radical (unpaired) electrons. The smallest absolute Gasteiger partial charge is 0.138 e. The maximum atomic E-state index is 9.94. The maximum Gasteiger partial charge on any atom is 0.138 e. The fourth-order valence-electron chi connectivity index (χ4n) is 2.46. The predicted molar refractivity (Wildman–Crippen MR) is 80.1 cm³/mol. The van der Waals surface area contributed by atoms with E-state index in [0.717, 1.165) is 25.2 Å². The van der Waals surface area contributed by atoms with Crippen molar-refractivity contribution < 1.29 is 9.84 Å². The Morgan fingerprint density at radius 2 is 2.52 bits per heavy atom. The Kier molecular flexibility index (Phi) is 4.97. The maximum absolute atomic E-state index is 9.94. The van der Waals surface area contributed by atoms with Crippen molar-refractivity contribution in [1.29, 1.82) is 0 Å². The molecule has 0 bridgehead atoms. The number of fused-ring (bicyclic) bond motifs is 1. The first kappa shape index (κ1) is 14.6. The van der Waals surface area contributed by atoms with E-state index in [9.17, 15) is 5.11 Å². The highest BCUT2D eigenvalue weighted by Crippen LogP contribution is 2.12. The van der Waals surface area contributed by atoms with E-state index in [-0.39, 0.29) is 0 Å². The third kappa shape index (κ3) is 4.10. The van der Waals surface area contributed by atoms with Crippen LogP contribution in [0.5, 0.6) is 0 Å². The van der Waals surface area contributed by atoms with E-state index in [2.05, 4.69) is 15.4 Å². The Morgan fingerprint density at radius 3 is 3.38 bits per heavy atom. The van der Waals surface area contributed by atoms with Crippen LogP contribution in [0.4, 0.5) is 0 Å². The third-order valence-corrected chi connectivity index (χ3v) is 4.43. The number of aliphatic hydroxyl groups excluding tert-OH is 1. The van der Waals surface area contributed by atoms with Crippen LogP contribution in [0.15, 0.2) is 23.8 Å². The Hall–Kier alpha value is -1.28. The van der Waals surface area contributed by atoms with Crippen molar-refractivity contribution in [3.05, 3.63) is 34.5 Å². The van der Waals surface area contributed by atoms with Gasteiger partial charge in [-0.15, -0.1) is 11.3 Å². The molecule has 0 amide bonds. The minimum atomic E-state index is -0.484. The number of thiophene rings is 1. The van der Waals surface area contributed by atoms with Gasteiger partial charge in [0.05, 0.1) is 25.9 Å². The summed E-state index contributed by atoms with van der Waals surface area (Å²) in [5.41, 5.74) is 0. The lowest BCUT2D eigenvalue weighted by atomic mass is 10.1. The molecule has 2 atom stereocenters. The Bertz CT molecular complexity index is 543. The van der Waals surface area contributed by atoms with Crippen LogP contribution in [0.1, 0.15) is 17.1 Å². The number of rotatable bonds is 7. The van der Waals surface area contributed by atoms with Crippen molar-refractivity contribution in [3.63, 3.8) is 0 Å². The molecule has 2 aromatic rings. The van der Waals surface area contributed by atoms with Crippen LogP contribution in [-0.2, 0) is 24.3 Å². The highest BCUT2D eigenvalue weighted by Gasteiger charge is 2.20. The molecular weight excluding hydrogens is 288 g/mol. The summed E-state index contributed by atoms with van der Waals surface area (Å²) in [6, 6.07) is 4.38. The number of aromatic nitrogens is 3. The molecule has 0 saturated carbocycles. The lowest BCUT2D eigenvalue weighted by Crippen LogP contribution is -2.42. The lowest BCUT2D eigenvalue weighted by molar-refractivity contribution is 0.0279. The summed E-state index contributed by atoms with van der Waals surface area (Å²) in [6.45, 7) is 2.28. The van der Waals surface area contributed by atoms with Crippen molar-refractivity contribution >= 4 is 11.3 Å². The van der Waals surface area contributed by atoms with Gasteiger partial charge in [-0.25, -0.2) is 9.67 Å². The predicted octanol–water partition coefficient (Wildman–Crippen LogP) is 0.822. The van der Waals surface area contributed by atoms with Crippen molar-refractivity contribution in [3.8, 4) is 0 Å². The zero-order chi connectivity index (χ0) is 14.5. The van der Waals surface area contributed by atoms with Crippen LogP contribution in [0.25, 0.3) is 0 Å². The fraction of sp³-hybridized carbons (Fsp3) is 0.571. The standard InChI is InChI=1S/C14H20N4O2S/c19-12(8-20-9-13-2-1-5-21-13)6-15-11-3-4-14-16-10-17-18(14)7-11/h1-2,5,10-12,15,19H,3-4,6-9H2/t11-,12+/m1/s1. The third-order valence-electron chi connectivity index (χ3n) is 3.58. The van der Waals surface area contributed by atoms with E-state index < -0.39 is 6.10 Å². The molecule has 2 aromatic heterocycles. The van der Waals surface area contributed by atoms with Crippen LogP contribution in [0.3, 0.4) is 0 Å². The van der Waals surface area contributed by atoms with Gasteiger partial charge in [-0.1, -0.05) is 6.07 Å². The van der Waals surface area contributed by atoms with Crippen LogP contribution < -0.4 is 5.32 Å². The van der Waals surface area contributed by atoms with Gasteiger partial charge in [-0.05, 0) is 17.9 Å². The van der Waals surface area contributed by atoms with Gasteiger partial charge < -0.3 is 15.2 Å². The molecule has 0 unspecified atom stereocenters. The van der Waals surface area contributed by atoms with E-state index in [1.165, 1.54) is 4.88 Å². The average molecular weight is 308 g/mol. The number of nitrogens with one attached hydrogen (secondary N) is 1. The van der Waals surface area contributed by atoms with E-state index in [1.807, 2.05) is 22.2 Å². The van der Waals surface area contributed by atoms with E-state index in [4.69, 9.17) is 4.74 Å². The second-order valence-electron chi connectivity index (χ2n) is 5.25. The van der Waals surface area contributed by atoms with Gasteiger partial charge in [0, 0.05) is 23.9 Å². The van der Waals surface area contributed by atoms with Gasteiger partial charge in [-0.2, -0.15) is 5.10 Å². The first-order valence-corrected chi connectivity index (χ1v) is 8.07. The molecule has 0 aromatic carbocycles. The largest absolute Gasteiger partial charge is 0.389 e. The molecule has 2 N–H and O–H groups in total. The molecule has 114 valence electrons. The van der Waals surface area contributed by atoms with Crippen molar-refractivity contribution in [2.45, 2.75) is 38.1 Å². The zero-order valence-corrected chi connectivity index (χ0v) is 12.6. The molecule has 3 rings (SSSR count). The molecule has 1 aliphatic rings. The Morgan fingerprint density at radius 1 is 1.57 bits per heavy atom. The monoisotopic (exact) mass is 308 g/mol. The van der Waals surface area contributed by atoms with Crippen LogP contribution >= 0.6 is 11.3 Å². The van der Waals surface area contributed by atoms with Gasteiger partial charge in [0.1, 0.15) is 12.2 Å². The second kappa shape index (κ2) is 7.13. The molecular formula is C14H20N4O2S. The number of hydrogen-bond acceptors (Lipinski definition) is 6. The van der Waals surface area contributed by atoms with Crippen LogP contribution in [-0.4, -0.2) is 45.2 Å². The topological polar surface area (TPSA) is 72.2 Å². The molecule has 0 spiro atoms. The highest BCUT2D eigenvalue weighted by molar-refractivity contribution is 7.09. The minimum absolute atomic E-state index is 0.339. The summed E-state index contributed by atoms with van der Waals surface area (Å²) >= 11 is 1.67. The normalized spacial score (nSPS) is 19.4. The summed E-state index contributed by atoms with van der Waals surface area (Å²) < 4.78 is 7.45. The Balaban J connectivity index is 1.33. The molecule has 0 aliphatic carbocycles. The van der Waals surface area contributed by atoms with Gasteiger partial charge >= 0.3 is 0 Å². The van der Waals surface area contributed by atoms with Crippen molar-refractivity contribution in [2.24, 2.45) is 0 Å². The van der Waals surface area contributed by atoms with Gasteiger partial charge in [-0.3, -0.25) is 0 Å². The molecule has 3 heterocycles. The average Bonchev–Trinajstić information content (AvgIpc) is 3.15.